The van der Waals surface area contributed by atoms with Crippen LogP contribution >= 0.6 is 11.3 Å². The number of amides is 1. The molecule has 6 heteroatoms. The molecule has 0 atom stereocenters. The number of aromatic nitrogens is 1. The van der Waals surface area contributed by atoms with Gasteiger partial charge in [0.2, 0.25) is 0 Å². The monoisotopic (exact) mass is 182 g/mol. The Labute approximate surface area is 72.7 Å². The van der Waals surface area contributed by atoms with Crippen molar-refractivity contribution in [1.29, 1.82) is 0 Å². The highest BCUT2D eigenvalue weighted by atomic mass is 32.1. The molecule has 1 amide bonds. The highest BCUT2D eigenvalue weighted by molar-refractivity contribution is 7.13. The molecule has 12 heavy (non-hydrogen) atoms. The van der Waals surface area contributed by atoms with Crippen molar-refractivity contribution >= 4 is 17.2 Å². The van der Waals surface area contributed by atoms with Gasteiger partial charge >= 0.3 is 0 Å². The van der Waals surface area contributed by atoms with E-state index in [-0.39, 0.29) is 0 Å². The molecule has 0 fully saturated rings. The summed E-state index contributed by atoms with van der Waals surface area (Å²) in [5.41, 5.74) is 8.64. The Kier molecular flexibility index (Phi) is 2.42. The SMILES string of the molecule is Cc1nc(C)c(C(=O)N=[N+]=[N-])s1. The minimum Gasteiger partial charge on any atom is -0.286 e. The van der Waals surface area contributed by atoms with E-state index in [0.717, 1.165) is 5.01 Å². The third-order valence-corrected chi connectivity index (χ3v) is 2.29. The van der Waals surface area contributed by atoms with Gasteiger partial charge in [0.25, 0.3) is 5.91 Å². The topological polar surface area (TPSA) is 78.7 Å². The largest absolute Gasteiger partial charge is 0.286 e. The van der Waals surface area contributed by atoms with Gasteiger partial charge in [-0.15, -0.1) is 11.3 Å². The fraction of sp³-hybridized carbons (Fsp3) is 0.333. The van der Waals surface area contributed by atoms with E-state index in [0.29, 0.717) is 10.6 Å². The summed E-state index contributed by atoms with van der Waals surface area (Å²) < 4.78 is 0. The lowest BCUT2D eigenvalue weighted by Crippen LogP contribution is -1.91. The molecular formula is C6H6N4OS. The summed E-state index contributed by atoms with van der Waals surface area (Å²) in [7, 11) is 0. The van der Waals surface area contributed by atoms with Crippen LogP contribution in [0.15, 0.2) is 5.11 Å². The minimum absolute atomic E-state index is 0.422. The molecule has 0 saturated carbocycles. The van der Waals surface area contributed by atoms with Crippen LogP contribution in [0, 0.1) is 13.8 Å². The van der Waals surface area contributed by atoms with Crippen LogP contribution in [0.1, 0.15) is 20.4 Å². The van der Waals surface area contributed by atoms with Gasteiger partial charge in [-0.2, -0.15) is 0 Å². The van der Waals surface area contributed by atoms with Crippen molar-refractivity contribution in [3.63, 3.8) is 0 Å². The standard InChI is InChI=1S/C6H6N4OS/c1-3-5(6(11)9-10-7)12-4(2)8-3/h1-2H3. The van der Waals surface area contributed by atoms with Gasteiger partial charge < -0.3 is 0 Å². The van der Waals surface area contributed by atoms with Crippen LogP contribution in [0.2, 0.25) is 0 Å². The van der Waals surface area contributed by atoms with Crippen LogP contribution in [0.3, 0.4) is 0 Å². The Morgan fingerprint density at radius 3 is 2.75 bits per heavy atom. The molecule has 1 aromatic heterocycles. The van der Waals surface area contributed by atoms with Crippen molar-refractivity contribution in [1.82, 2.24) is 4.98 Å². The average Bonchev–Trinajstić information content (AvgIpc) is 2.30. The Hall–Kier alpha value is -1.39. The van der Waals surface area contributed by atoms with Gasteiger partial charge in [0, 0.05) is 4.91 Å². The van der Waals surface area contributed by atoms with Crippen LogP contribution in [0.25, 0.3) is 10.4 Å². The maximum absolute atomic E-state index is 11.0. The number of hydrogen-bond acceptors (Lipinski definition) is 3. The van der Waals surface area contributed by atoms with E-state index in [1.807, 2.05) is 0 Å². The zero-order valence-corrected chi connectivity index (χ0v) is 7.42. The smallest absolute Gasteiger partial charge is 0.260 e. The van der Waals surface area contributed by atoms with Crippen LogP contribution in [-0.2, 0) is 0 Å². The lowest BCUT2D eigenvalue weighted by molar-refractivity contribution is 0.100. The van der Waals surface area contributed by atoms with Crippen molar-refractivity contribution in [2.24, 2.45) is 5.11 Å². The predicted molar refractivity (Wildman–Crippen MR) is 45.1 cm³/mol. The van der Waals surface area contributed by atoms with E-state index in [1.165, 1.54) is 11.3 Å². The molecule has 0 spiro atoms. The van der Waals surface area contributed by atoms with Crippen molar-refractivity contribution in [3.05, 3.63) is 26.0 Å². The fourth-order valence-corrected chi connectivity index (χ4v) is 1.62. The quantitative estimate of drug-likeness (QED) is 0.379. The van der Waals surface area contributed by atoms with E-state index in [2.05, 4.69) is 15.0 Å². The second kappa shape index (κ2) is 3.34. The zero-order valence-electron chi connectivity index (χ0n) is 6.61. The summed E-state index contributed by atoms with van der Waals surface area (Å²) in [6.07, 6.45) is 0. The number of carbonyl (C=O) groups excluding carboxylic acids is 1. The Bertz CT molecular complexity index is 364. The molecule has 0 bridgehead atoms. The molecule has 0 saturated heterocycles. The van der Waals surface area contributed by atoms with Crippen molar-refractivity contribution in [2.45, 2.75) is 13.8 Å². The van der Waals surface area contributed by atoms with Crippen LogP contribution in [0.4, 0.5) is 0 Å². The summed E-state index contributed by atoms with van der Waals surface area (Å²) in [6, 6.07) is 0. The van der Waals surface area contributed by atoms with E-state index in [4.69, 9.17) is 5.53 Å². The highest BCUT2D eigenvalue weighted by Gasteiger charge is 2.11. The molecule has 0 aliphatic carbocycles. The third-order valence-electron chi connectivity index (χ3n) is 1.23. The lowest BCUT2D eigenvalue weighted by Gasteiger charge is -1.86. The Morgan fingerprint density at radius 1 is 1.67 bits per heavy atom. The summed E-state index contributed by atoms with van der Waals surface area (Å²) in [4.78, 5) is 17.9. The molecule has 0 aromatic carbocycles. The number of thiazole rings is 1. The molecule has 1 aromatic rings. The second-order valence-electron chi connectivity index (χ2n) is 2.14. The molecular weight excluding hydrogens is 176 g/mol. The number of carbonyl (C=O) groups is 1. The second-order valence-corrected chi connectivity index (χ2v) is 3.35. The summed E-state index contributed by atoms with van der Waals surface area (Å²) in [5, 5.41) is 3.78. The van der Waals surface area contributed by atoms with Gasteiger partial charge in [0.05, 0.1) is 15.6 Å². The van der Waals surface area contributed by atoms with Crippen molar-refractivity contribution < 1.29 is 4.79 Å². The molecule has 0 radical (unpaired) electrons. The maximum Gasteiger partial charge on any atom is 0.260 e. The van der Waals surface area contributed by atoms with Crippen molar-refractivity contribution in [3.8, 4) is 0 Å². The summed E-state index contributed by atoms with van der Waals surface area (Å²) >= 11 is 1.24. The van der Waals surface area contributed by atoms with Crippen LogP contribution < -0.4 is 0 Å². The van der Waals surface area contributed by atoms with E-state index < -0.39 is 5.91 Å². The predicted octanol–water partition coefficient (Wildman–Crippen LogP) is 2.21. The van der Waals surface area contributed by atoms with Gasteiger partial charge in [-0.05, 0) is 24.5 Å². The van der Waals surface area contributed by atoms with Crippen molar-refractivity contribution in [2.75, 3.05) is 0 Å². The molecule has 0 N–H and O–H groups in total. The van der Waals surface area contributed by atoms with E-state index in [1.54, 1.807) is 13.8 Å². The lowest BCUT2D eigenvalue weighted by atomic mass is 10.4. The zero-order chi connectivity index (χ0) is 9.14. The minimum atomic E-state index is -0.555. The molecule has 1 rings (SSSR count). The Balaban J connectivity index is 3.10. The highest BCUT2D eigenvalue weighted by Crippen LogP contribution is 2.17. The summed E-state index contributed by atoms with van der Waals surface area (Å²) in [5.74, 6) is -0.555. The van der Waals surface area contributed by atoms with Gasteiger partial charge in [0.1, 0.15) is 0 Å². The molecule has 0 unspecified atom stereocenters. The van der Waals surface area contributed by atoms with Gasteiger partial charge in [-0.1, -0.05) is 0 Å². The van der Waals surface area contributed by atoms with Gasteiger partial charge in [-0.25, -0.2) is 4.98 Å². The number of azide groups is 1. The number of nitrogens with zero attached hydrogens (tertiary/aromatic N) is 4. The maximum atomic E-state index is 11.0. The van der Waals surface area contributed by atoms with Gasteiger partial charge in [0.15, 0.2) is 0 Å². The number of rotatable bonds is 1. The van der Waals surface area contributed by atoms with E-state index in [9.17, 15) is 4.79 Å². The Morgan fingerprint density at radius 2 is 2.33 bits per heavy atom. The van der Waals surface area contributed by atoms with Gasteiger partial charge in [-0.3, -0.25) is 4.79 Å². The first-order valence-corrected chi connectivity index (χ1v) is 4.00. The normalized spacial score (nSPS) is 9.17. The number of aryl methyl sites for hydroxylation is 2. The first-order chi connectivity index (χ1) is 5.65. The first-order valence-electron chi connectivity index (χ1n) is 3.18. The van der Waals surface area contributed by atoms with E-state index >= 15 is 0 Å². The molecule has 0 aliphatic rings. The summed E-state index contributed by atoms with van der Waals surface area (Å²) in [6.45, 7) is 3.51. The molecule has 0 aliphatic heterocycles. The average molecular weight is 182 g/mol. The molecule has 5 nitrogen and oxygen atoms in total. The molecule has 1 heterocycles. The number of hydrogen-bond donors (Lipinski definition) is 0. The third kappa shape index (κ3) is 1.61. The van der Waals surface area contributed by atoms with Crippen LogP contribution in [0.5, 0.6) is 0 Å². The van der Waals surface area contributed by atoms with Crippen LogP contribution in [-0.4, -0.2) is 10.9 Å². The molecule has 62 valence electrons. The first kappa shape index (κ1) is 8.70. The fourth-order valence-electron chi connectivity index (χ4n) is 0.816.